The summed E-state index contributed by atoms with van der Waals surface area (Å²) in [5.41, 5.74) is 0. The van der Waals surface area contributed by atoms with Crippen LogP contribution in [0, 0.1) is 11.8 Å². The molecule has 20 heavy (non-hydrogen) atoms. The lowest BCUT2D eigenvalue weighted by Crippen LogP contribution is -2.45. The van der Waals surface area contributed by atoms with Crippen LogP contribution < -0.4 is 10.6 Å². The summed E-state index contributed by atoms with van der Waals surface area (Å²) in [4.78, 5) is 11.9. The lowest BCUT2D eigenvalue weighted by atomic mass is 9.85. The highest BCUT2D eigenvalue weighted by molar-refractivity contribution is 5.74. The third-order valence-electron chi connectivity index (χ3n) is 4.50. The van der Waals surface area contributed by atoms with Crippen LogP contribution in [0.15, 0.2) is 0 Å². The first-order chi connectivity index (χ1) is 9.67. The first-order valence-electron chi connectivity index (χ1n) is 8.32. The van der Waals surface area contributed by atoms with Gasteiger partial charge in [-0.15, -0.1) is 0 Å². The second-order valence-electron chi connectivity index (χ2n) is 6.21. The summed E-state index contributed by atoms with van der Waals surface area (Å²) in [6.07, 6.45) is 9.34. The molecule has 0 saturated heterocycles. The van der Waals surface area contributed by atoms with E-state index in [-0.39, 0.29) is 18.7 Å². The molecule has 0 bridgehead atoms. The van der Waals surface area contributed by atoms with E-state index in [1.807, 2.05) is 0 Å². The second kappa shape index (κ2) is 10.0. The van der Waals surface area contributed by atoms with Gasteiger partial charge >= 0.3 is 6.03 Å². The van der Waals surface area contributed by atoms with Crippen LogP contribution in [0.2, 0.25) is 0 Å². The van der Waals surface area contributed by atoms with Gasteiger partial charge in [-0.2, -0.15) is 0 Å². The van der Waals surface area contributed by atoms with Gasteiger partial charge in [0.25, 0.3) is 0 Å². The normalized spacial score (nSPS) is 19.4. The monoisotopic (exact) mass is 284 g/mol. The highest BCUT2D eigenvalue weighted by atomic mass is 16.3. The minimum atomic E-state index is -0.0536. The third kappa shape index (κ3) is 6.60. The van der Waals surface area contributed by atoms with Crippen LogP contribution in [0.1, 0.15) is 65.2 Å². The van der Waals surface area contributed by atoms with Crippen LogP contribution in [0.3, 0.4) is 0 Å². The van der Waals surface area contributed by atoms with Crippen molar-refractivity contribution >= 4 is 6.03 Å². The van der Waals surface area contributed by atoms with Crippen LogP contribution in [0.4, 0.5) is 4.79 Å². The fourth-order valence-electron chi connectivity index (χ4n) is 3.19. The molecule has 0 aromatic heterocycles. The summed E-state index contributed by atoms with van der Waals surface area (Å²) in [6.45, 7) is 5.12. The summed E-state index contributed by atoms with van der Waals surface area (Å²) in [7, 11) is 0. The van der Waals surface area contributed by atoms with E-state index in [4.69, 9.17) is 5.11 Å². The van der Waals surface area contributed by atoms with E-state index in [1.165, 1.54) is 32.1 Å². The van der Waals surface area contributed by atoms with Crippen molar-refractivity contribution in [1.29, 1.82) is 0 Å². The Bertz CT molecular complexity index is 259. The van der Waals surface area contributed by atoms with Crippen LogP contribution in [-0.2, 0) is 0 Å². The highest BCUT2D eigenvalue weighted by Gasteiger charge is 2.21. The third-order valence-corrected chi connectivity index (χ3v) is 4.50. The number of nitrogens with one attached hydrogen (secondary N) is 2. The number of amides is 2. The zero-order valence-electron chi connectivity index (χ0n) is 13.2. The minimum absolute atomic E-state index is 0.0536. The molecule has 2 unspecified atom stereocenters. The van der Waals surface area contributed by atoms with Gasteiger partial charge in [0.2, 0.25) is 0 Å². The Balaban J connectivity index is 2.23. The largest absolute Gasteiger partial charge is 0.396 e. The zero-order valence-corrected chi connectivity index (χ0v) is 13.2. The molecule has 2 amide bonds. The van der Waals surface area contributed by atoms with E-state index in [1.54, 1.807) is 0 Å². The van der Waals surface area contributed by atoms with Gasteiger partial charge in [0.15, 0.2) is 0 Å². The fraction of sp³-hybridized carbons (Fsp3) is 0.938. The van der Waals surface area contributed by atoms with Crippen LogP contribution in [0.25, 0.3) is 0 Å². The summed E-state index contributed by atoms with van der Waals surface area (Å²) in [6, 6.07) is 0.208. The van der Waals surface area contributed by atoms with Gasteiger partial charge in [0.05, 0.1) is 0 Å². The van der Waals surface area contributed by atoms with Gasteiger partial charge in [-0.3, -0.25) is 0 Å². The molecule has 3 N–H and O–H groups in total. The van der Waals surface area contributed by atoms with Gasteiger partial charge in [-0.25, -0.2) is 4.79 Å². The van der Waals surface area contributed by atoms with Crippen LogP contribution >= 0.6 is 0 Å². The number of carbonyl (C=O) groups excluding carboxylic acids is 1. The van der Waals surface area contributed by atoms with E-state index in [0.717, 1.165) is 19.3 Å². The molecular formula is C16H32N2O2. The van der Waals surface area contributed by atoms with E-state index >= 15 is 0 Å². The molecule has 0 spiro atoms. The Morgan fingerprint density at radius 1 is 1.25 bits per heavy atom. The number of hydrogen-bond donors (Lipinski definition) is 3. The first kappa shape index (κ1) is 17.3. The van der Waals surface area contributed by atoms with Crippen LogP contribution in [0.5, 0.6) is 0 Å². The Morgan fingerprint density at radius 2 is 1.95 bits per heavy atom. The number of hydrogen-bond acceptors (Lipinski definition) is 2. The Kier molecular flexibility index (Phi) is 8.67. The van der Waals surface area contributed by atoms with E-state index in [0.29, 0.717) is 18.4 Å². The van der Waals surface area contributed by atoms with Crippen molar-refractivity contribution in [2.45, 2.75) is 71.3 Å². The van der Waals surface area contributed by atoms with Crippen LogP contribution in [-0.4, -0.2) is 30.3 Å². The summed E-state index contributed by atoms with van der Waals surface area (Å²) >= 11 is 0. The number of rotatable bonds is 8. The van der Waals surface area contributed by atoms with E-state index in [2.05, 4.69) is 24.5 Å². The highest BCUT2D eigenvalue weighted by Crippen LogP contribution is 2.26. The molecule has 0 aromatic carbocycles. The van der Waals surface area contributed by atoms with Crippen molar-refractivity contribution < 1.29 is 9.90 Å². The molecule has 0 aliphatic heterocycles. The Morgan fingerprint density at radius 3 is 2.55 bits per heavy atom. The topological polar surface area (TPSA) is 61.4 Å². The first-order valence-corrected chi connectivity index (χ1v) is 8.32. The maximum atomic E-state index is 11.9. The van der Waals surface area contributed by atoms with Crippen molar-refractivity contribution in [3.63, 3.8) is 0 Å². The molecule has 0 aromatic rings. The lowest BCUT2D eigenvalue weighted by Gasteiger charge is -2.28. The van der Waals surface area contributed by atoms with E-state index < -0.39 is 0 Å². The molecule has 2 atom stereocenters. The average Bonchev–Trinajstić information content (AvgIpc) is 2.46. The summed E-state index contributed by atoms with van der Waals surface area (Å²) in [5, 5.41) is 15.1. The Labute approximate surface area is 123 Å². The second-order valence-corrected chi connectivity index (χ2v) is 6.21. The molecule has 1 fully saturated rings. The van der Waals surface area contributed by atoms with Gasteiger partial charge in [0.1, 0.15) is 0 Å². The predicted molar refractivity (Wildman–Crippen MR) is 82.7 cm³/mol. The molecule has 4 nitrogen and oxygen atoms in total. The number of urea groups is 1. The molecule has 4 heteroatoms. The molecule has 1 rings (SSSR count). The molecule has 1 aliphatic carbocycles. The van der Waals surface area contributed by atoms with Gasteiger partial charge in [0, 0.05) is 19.2 Å². The van der Waals surface area contributed by atoms with Crippen molar-refractivity contribution in [3.05, 3.63) is 0 Å². The Hall–Kier alpha value is -0.770. The van der Waals surface area contributed by atoms with Crippen molar-refractivity contribution in [3.8, 4) is 0 Å². The summed E-state index contributed by atoms with van der Waals surface area (Å²) in [5.74, 6) is 1.03. The van der Waals surface area contributed by atoms with Crippen molar-refractivity contribution in [2.24, 2.45) is 11.8 Å². The zero-order chi connectivity index (χ0) is 14.8. The van der Waals surface area contributed by atoms with Gasteiger partial charge in [-0.05, 0) is 44.4 Å². The quantitative estimate of drug-likeness (QED) is 0.641. The average molecular weight is 284 g/mol. The number of carbonyl (C=O) groups is 1. The molecule has 1 aliphatic rings. The maximum absolute atomic E-state index is 11.9. The fourth-order valence-corrected chi connectivity index (χ4v) is 3.19. The predicted octanol–water partition coefficient (Wildman–Crippen LogP) is 3.05. The minimum Gasteiger partial charge on any atom is -0.396 e. The van der Waals surface area contributed by atoms with E-state index in [9.17, 15) is 4.79 Å². The SMILES string of the molecule is CCCC(CCO)CNC(=O)NC(C)C1CCCCC1. The van der Waals surface area contributed by atoms with Gasteiger partial charge in [-0.1, -0.05) is 32.6 Å². The van der Waals surface area contributed by atoms with Crippen molar-refractivity contribution in [2.75, 3.05) is 13.2 Å². The lowest BCUT2D eigenvalue weighted by molar-refractivity contribution is 0.217. The summed E-state index contributed by atoms with van der Waals surface area (Å²) < 4.78 is 0. The molecular weight excluding hydrogens is 252 g/mol. The van der Waals surface area contributed by atoms with Crippen molar-refractivity contribution in [1.82, 2.24) is 10.6 Å². The molecule has 0 heterocycles. The van der Waals surface area contributed by atoms with Gasteiger partial charge < -0.3 is 15.7 Å². The maximum Gasteiger partial charge on any atom is 0.315 e. The smallest absolute Gasteiger partial charge is 0.315 e. The molecule has 0 radical (unpaired) electrons. The molecule has 118 valence electrons. The molecule has 1 saturated carbocycles. The number of aliphatic hydroxyl groups is 1. The number of aliphatic hydroxyl groups excluding tert-OH is 1. The standard InChI is InChI=1S/C16H32N2O2/c1-3-7-14(10-11-19)12-17-16(20)18-13(2)15-8-5-4-6-9-15/h13-15,19H,3-12H2,1-2H3,(H2,17,18,20).